The van der Waals surface area contributed by atoms with E-state index in [4.69, 9.17) is 9.88 Å². The van der Waals surface area contributed by atoms with Crippen LogP contribution in [0.3, 0.4) is 0 Å². The molecular weight excluding hydrogens is 302 g/mol. The fourth-order valence-electron chi connectivity index (χ4n) is 1.65. The molecule has 1 aromatic carbocycles. The lowest BCUT2D eigenvalue weighted by molar-refractivity contribution is 0.338. The van der Waals surface area contributed by atoms with E-state index in [9.17, 15) is 16.8 Å². The fourth-order valence-corrected chi connectivity index (χ4v) is 3.41. The first-order valence-electron chi connectivity index (χ1n) is 6.12. The zero-order valence-electron chi connectivity index (χ0n) is 11.5. The Hall–Kier alpha value is -1.12. The fraction of sp³-hybridized carbons (Fsp3) is 0.500. The molecule has 0 saturated carbocycles. The van der Waals surface area contributed by atoms with Gasteiger partial charge in [-0.15, -0.1) is 0 Å². The van der Waals surface area contributed by atoms with Crippen LogP contribution in [0.5, 0.6) is 5.75 Å². The molecule has 0 radical (unpaired) electrons. The van der Waals surface area contributed by atoms with E-state index in [1.807, 2.05) is 0 Å². The smallest absolute Gasteiger partial charge is 0.238 e. The standard InChI is InChI=1S/C12H19NO5S2/c1-3-7-19(14,15)8-6-18-12-5-4-11(9-10(12)2)20(13,16)17/h4-5,9H,3,6-8H2,1-2H3,(H2,13,16,17). The Labute approximate surface area is 119 Å². The predicted octanol–water partition coefficient (Wildman–Crippen LogP) is 0.846. The molecule has 0 heterocycles. The van der Waals surface area contributed by atoms with Crippen LogP contribution in [0.2, 0.25) is 0 Å². The van der Waals surface area contributed by atoms with E-state index in [1.54, 1.807) is 13.8 Å². The van der Waals surface area contributed by atoms with Crippen molar-refractivity contribution in [2.24, 2.45) is 5.14 Å². The molecule has 0 aliphatic rings. The largest absolute Gasteiger partial charge is 0.492 e. The van der Waals surface area contributed by atoms with Crippen molar-refractivity contribution in [3.8, 4) is 5.75 Å². The number of ether oxygens (including phenoxy) is 1. The lowest BCUT2D eigenvalue weighted by Crippen LogP contribution is -2.17. The summed E-state index contributed by atoms with van der Waals surface area (Å²) in [5.41, 5.74) is 0.587. The van der Waals surface area contributed by atoms with Gasteiger partial charge in [-0.05, 0) is 37.1 Å². The van der Waals surface area contributed by atoms with Gasteiger partial charge in [0.05, 0.1) is 16.4 Å². The third-order valence-corrected chi connectivity index (χ3v) is 5.37. The predicted molar refractivity (Wildman–Crippen MR) is 77.0 cm³/mol. The van der Waals surface area contributed by atoms with Crippen LogP contribution in [0.1, 0.15) is 18.9 Å². The molecule has 0 aliphatic heterocycles. The van der Waals surface area contributed by atoms with Gasteiger partial charge < -0.3 is 4.74 Å². The summed E-state index contributed by atoms with van der Waals surface area (Å²) in [7, 11) is -6.83. The third kappa shape index (κ3) is 5.10. The maximum absolute atomic E-state index is 11.5. The normalized spacial score (nSPS) is 12.3. The summed E-state index contributed by atoms with van der Waals surface area (Å²) >= 11 is 0. The summed E-state index contributed by atoms with van der Waals surface area (Å²) in [6.07, 6.45) is 0.574. The van der Waals surface area contributed by atoms with Crippen molar-refractivity contribution in [3.05, 3.63) is 23.8 Å². The minimum Gasteiger partial charge on any atom is -0.492 e. The van der Waals surface area contributed by atoms with Crippen molar-refractivity contribution in [3.63, 3.8) is 0 Å². The van der Waals surface area contributed by atoms with Crippen molar-refractivity contribution in [2.45, 2.75) is 25.2 Å². The highest BCUT2D eigenvalue weighted by atomic mass is 32.2. The Morgan fingerprint density at radius 3 is 2.30 bits per heavy atom. The van der Waals surface area contributed by atoms with Crippen LogP contribution in [0.15, 0.2) is 23.1 Å². The lowest BCUT2D eigenvalue weighted by atomic mass is 10.2. The molecule has 0 bridgehead atoms. The molecule has 0 unspecified atom stereocenters. The highest BCUT2D eigenvalue weighted by Crippen LogP contribution is 2.21. The number of nitrogens with two attached hydrogens (primary N) is 1. The number of sulfonamides is 1. The minimum atomic E-state index is -3.74. The molecule has 0 atom stereocenters. The number of hydrogen-bond donors (Lipinski definition) is 1. The molecule has 0 fully saturated rings. The van der Waals surface area contributed by atoms with E-state index >= 15 is 0 Å². The molecule has 8 heteroatoms. The maximum Gasteiger partial charge on any atom is 0.238 e. The monoisotopic (exact) mass is 321 g/mol. The third-order valence-electron chi connectivity index (χ3n) is 2.64. The van der Waals surface area contributed by atoms with Gasteiger partial charge in [-0.1, -0.05) is 6.92 Å². The van der Waals surface area contributed by atoms with Gasteiger partial charge >= 0.3 is 0 Å². The Kier molecular flexibility index (Phi) is 5.55. The van der Waals surface area contributed by atoms with Crippen LogP contribution in [-0.4, -0.2) is 34.9 Å². The Morgan fingerprint density at radius 2 is 1.80 bits per heavy atom. The Morgan fingerprint density at radius 1 is 1.15 bits per heavy atom. The molecule has 20 heavy (non-hydrogen) atoms. The van der Waals surface area contributed by atoms with Gasteiger partial charge in [-0.25, -0.2) is 22.0 Å². The van der Waals surface area contributed by atoms with Gasteiger partial charge in [0.15, 0.2) is 9.84 Å². The van der Waals surface area contributed by atoms with E-state index < -0.39 is 19.9 Å². The van der Waals surface area contributed by atoms with Crippen molar-refractivity contribution < 1.29 is 21.6 Å². The van der Waals surface area contributed by atoms with Crippen LogP contribution in [0, 0.1) is 6.92 Å². The highest BCUT2D eigenvalue weighted by Gasteiger charge is 2.12. The van der Waals surface area contributed by atoms with Gasteiger partial charge in [0, 0.05) is 0 Å². The average Bonchev–Trinajstić information content (AvgIpc) is 2.29. The molecule has 2 N–H and O–H groups in total. The van der Waals surface area contributed by atoms with E-state index in [-0.39, 0.29) is 23.0 Å². The van der Waals surface area contributed by atoms with Crippen molar-refractivity contribution in [1.82, 2.24) is 0 Å². The van der Waals surface area contributed by atoms with Gasteiger partial charge in [0.1, 0.15) is 12.4 Å². The summed E-state index contributed by atoms with van der Waals surface area (Å²) in [5.74, 6) is 0.529. The van der Waals surface area contributed by atoms with Gasteiger partial charge in [0.25, 0.3) is 0 Å². The van der Waals surface area contributed by atoms with E-state index in [2.05, 4.69) is 0 Å². The second kappa shape index (κ2) is 6.55. The molecule has 0 aliphatic carbocycles. The first-order chi connectivity index (χ1) is 9.15. The van der Waals surface area contributed by atoms with Crippen LogP contribution in [0.4, 0.5) is 0 Å². The zero-order chi connectivity index (χ0) is 15.4. The highest BCUT2D eigenvalue weighted by molar-refractivity contribution is 7.91. The maximum atomic E-state index is 11.5. The molecule has 0 spiro atoms. The molecule has 1 rings (SSSR count). The van der Waals surface area contributed by atoms with Gasteiger partial charge in [0.2, 0.25) is 10.0 Å². The summed E-state index contributed by atoms with van der Waals surface area (Å²) in [4.78, 5) is 0.000884. The molecule has 0 amide bonds. The molecule has 114 valence electrons. The first-order valence-corrected chi connectivity index (χ1v) is 9.49. The molecule has 6 nitrogen and oxygen atoms in total. The SMILES string of the molecule is CCCS(=O)(=O)CCOc1ccc(S(N)(=O)=O)cc1C. The van der Waals surface area contributed by atoms with Crippen LogP contribution < -0.4 is 9.88 Å². The topological polar surface area (TPSA) is 104 Å². The number of hydrogen-bond acceptors (Lipinski definition) is 5. The number of aryl methyl sites for hydroxylation is 1. The summed E-state index contributed by atoms with van der Waals surface area (Å²) in [6.45, 7) is 3.51. The van der Waals surface area contributed by atoms with Crippen LogP contribution in [-0.2, 0) is 19.9 Å². The number of sulfone groups is 1. The molecule has 1 aromatic rings. The molecular formula is C12H19NO5S2. The number of rotatable bonds is 7. The summed E-state index contributed by atoms with van der Waals surface area (Å²) in [5, 5.41) is 5.02. The average molecular weight is 321 g/mol. The molecule has 0 saturated heterocycles. The minimum absolute atomic E-state index is 0.000884. The number of benzene rings is 1. The first kappa shape index (κ1) is 16.9. The van der Waals surface area contributed by atoms with E-state index in [1.165, 1.54) is 18.2 Å². The summed E-state index contributed by atoms with van der Waals surface area (Å²) in [6, 6.07) is 4.20. The van der Waals surface area contributed by atoms with E-state index in [0.29, 0.717) is 17.7 Å². The van der Waals surface area contributed by atoms with Crippen molar-refractivity contribution in [1.29, 1.82) is 0 Å². The number of primary sulfonamides is 1. The van der Waals surface area contributed by atoms with Crippen LogP contribution >= 0.6 is 0 Å². The second-order valence-electron chi connectivity index (χ2n) is 4.47. The quantitative estimate of drug-likeness (QED) is 0.801. The van der Waals surface area contributed by atoms with Crippen molar-refractivity contribution in [2.75, 3.05) is 18.1 Å². The van der Waals surface area contributed by atoms with Crippen LogP contribution in [0.25, 0.3) is 0 Å². The van der Waals surface area contributed by atoms with Gasteiger partial charge in [-0.2, -0.15) is 0 Å². The van der Waals surface area contributed by atoms with E-state index in [0.717, 1.165) is 0 Å². The van der Waals surface area contributed by atoms with Gasteiger partial charge in [-0.3, -0.25) is 0 Å². The lowest BCUT2D eigenvalue weighted by Gasteiger charge is -2.10. The summed E-state index contributed by atoms with van der Waals surface area (Å²) < 4.78 is 50.7. The second-order valence-corrected chi connectivity index (χ2v) is 8.34. The molecule has 0 aromatic heterocycles. The Balaban J connectivity index is 2.71. The zero-order valence-corrected chi connectivity index (χ0v) is 13.1. The van der Waals surface area contributed by atoms with Crippen molar-refractivity contribution >= 4 is 19.9 Å². The Bertz CT molecular complexity index is 665.